The predicted octanol–water partition coefficient (Wildman–Crippen LogP) is 2.95. The number of nitrogens with one attached hydrogen (secondary N) is 3. The first-order chi connectivity index (χ1) is 12.7. The molecular formula is C20H28N4O2. The number of aromatic nitrogens is 1. The van der Waals surface area contributed by atoms with Gasteiger partial charge in [-0.25, -0.2) is 0 Å². The molecule has 4 N–H and O–H groups in total. The fourth-order valence-corrected chi connectivity index (χ4v) is 5.55. The molecule has 6 nitrogen and oxygen atoms in total. The molecule has 0 amide bonds. The summed E-state index contributed by atoms with van der Waals surface area (Å²) in [5.41, 5.74) is 1.67. The van der Waals surface area contributed by atoms with Crippen LogP contribution in [0.1, 0.15) is 51.4 Å². The average Bonchev–Trinajstić information content (AvgIpc) is 3.04. The van der Waals surface area contributed by atoms with Gasteiger partial charge >= 0.3 is 0 Å². The van der Waals surface area contributed by atoms with Crippen LogP contribution in [-0.2, 0) is 0 Å². The molecule has 3 aliphatic rings. The number of aliphatic hydroxyl groups excluding tert-OH is 1. The molecule has 5 rings (SSSR count). The van der Waals surface area contributed by atoms with Crippen LogP contribution in [0.15, 0.2) is 28.7 Å². The second-order valence-electron chi connectivity index (χ2n) is 8.22. The Morgan fingerprint density at radius 2 is 1.96 bits per heavy atom. The van der Waals surface area contributed by atoms with Gasteiger partial charge in [0.05, 0.1) is 6.10 Å². The van der Waals surface area contributed by atoms with Crippen molar-refractivity contribution in [3.05, 3.63) is 24.3 Å². The van der Waals surface area contributed by atoms with Crippen molar-refractivity contribution >= 4 is 17.1 Å². The molecule has 1 spiro atoms. The van der Waals surface area contributed by atoms with Gasteiger partial charge in [-0.15, -0.1) is 0 Å². The third-order valence-electron chi connectivity index (χ3n) is 6.62. The molecular weight excluding hydrogens is 328 g/mol. The fourth-order valence-electron chi connectivity index (χ4n) is 5.55. The number of aliphatic hydroxyl groups is 1. The Morgan fingerprint density at radius 3 is 2.81 bits per heavy atom. The van der Waals surface area contributed by atoms with Crippen LogP contribution in [0.25, 0.3) is 11.1 Å². The van der Waals surface area contributed by atoms with E-state index >= 15 is 0 Å². The molecule has 0 unspecified atom stereocenters. The van der Waals surface area contributed by atoms with Crippen molar-refractivity contribution in [3.63, 3.8) is 0 Å². The van der Waals surface area contributed by atoms with Crippen molar-refractivity contribution in [2.45, 2.75) is 75.3 Å². The van der Waals surface area contributed by atoms with Gasteiger partial charge in [-0.05, 0) is 44.2 Å². The third kappa shape index (κ3) is 2.80. The number of oxazole rings is 1. The maximum Gasteiger partial charge on any atom is 0.297 e. The van der Waals surface area contributed by atoms with E-state index in [1.807, 2.05) is 24.3 Å². The van der Waals surface area contributed by atoms with E-state index < -0.39 is 0 Å². The Labute approximate surface area is 153 Å². The van der Waals surface area contributed by atoms with Crippen LogP contribution in [0, 0.1) is 5.92 Å². The summed E-state index contributed by atoms with van der Waals surface area (Å²) in [6, 6.07) is 8.70. The SMILES string of the molecule is O[C@H]1CCC[C@@H]2N[C@H](Nc3nc4ccccc4o3)NC3(CCCCC3)[C@H]21. The molecule has 2 saturated carbocycles. The highest BCUT2D eigenvalue weighted by Crippen LogP contribution is 2.44. The fraction of sp³-hybridized carbons (Fsp3) is 0.650. The average molecular weight is 356 g/mol. The molecule has 1 aliphatic heterocycles. The maximum atomic E-state index is 10.8. The summed E-state index contributed by atoms with van der Waals surface area (Å²) in [5.74, 6) is 0.290. The minimum Gasteiger partial charge on any atom is -0.424 e. The number of benzene rings is 1. The quantitative estimate of drug-likeness (QED) is 0.662. The molecule has 26 heavy (non-hydrogen) atoms. The van der Waals surface area contributed by atoms with Crippen LogP contribution >= 0.6 is 0 Å². The smallest absolute Gasteiger partial charge is 0.297 e. The van der Waals surface area contributed by atoms with Crippen molar-refractivity contribution in [3.8, 4) is 0 Å². The number of nitrogens with zero attached hydrogens (tertiary/aromatic N) is 1. The van der Waals surface area contributed by atoms with Gasteiger partial charge in [0.15, 0.2) is 5.58 Å². The van der Waals surface area contributed by atoms with Gasteiger partial charge in [0.1, 0.15) is 11.8 Å². The zero-order valence-electron chi connectivity index (χ0n) is 15.1. The van der Waals surface area contributed by atoms with E-state index in [-0.39, 0.29) is 17.9 Å². The van der Waals surface area contributed by atoms with Gasteiger partial charge in [0, 0.05) is 17.5 Å². The van der Waals surface area contributed by atoms with Gasteiger partial charge in [-0.2, -0.15) is 4.98 Å². The van der Waals surface area contributed by atoms with Crippen LogP contribution in [0.4, 0.5) is 6.01 Å². The number of rotatable bonds is 2. The van der Waals surface area contributed by atoms with E-state index in [1.165, 1.54) is 19.3 Å². The highest BCUT2D eigenvalue weighted by atomic mass is 16.4. The summed E-state index contributed by atoms with van der Waals surface area (Å²) in [5, 5.41) is 21.6. The van der Waals surface area contributed by atoms with Gasteiger partial charge < -0.3 is 14.8 Å². The predicted molar refractivity (Wildman–Crippen MR) is 101 cm³/mol. The number of hydrogen-bond donors (Lipinski definition) is 4. The number of anilines is 1. The summed E-state index contributed by atoms with van der Waals surface area (Å²) >= 11 is 0. The van der Waals surface area contributed by atoms with E-state index in [1.54, 1.807) is 0 Å². The van der Waals surface area contributed by atoms with Gasteiger partial charge in [-0.3, -0.25) is 10.6 Å². The first-order valence-electron chi connectivity index (χ1n) is 10.1. The number of para-hydroxylation sites is 2. The van der Waals surface area contributed by atoms with Gasteiger partial charge in [0.2, 0.25) is 0 Å². The number of hydrogen-bond acceptors (Lipinski definition) is 6. The lowest BCUT2D eigenvalue weighted by Crippen LogP contribution is -2.75. The maximum absolute atomic E-state index is 10.8. The highest BCUT2D eigenvalue weighted by Gasteiger charge is 2.52. The molecule has 1 aromatic heterocycles. The highest BCUT2D eigenvalue weighted by molar-refractivity contribution is 5.74. The van der Waals surface area contributed by atoms with Crippen molar-refractivity contribution in [1.82, 2.24) is 15.6 Å². The molecule has 4 atom stereocenters. The lowest BCUT2D eigenvalue weighted by atomic mass is 9.63. The van der Waals surface area contributed by atoms with E-state index in [0.717, 1.165) is 43.2 Å². The normalized spacial score (nSPS) is 33.9. The second-order valence-corrected chi connectivity index (χ2v) is 8.22. The van der Waals surface area contributed by atoms with Crippen LogP contribution in [0.5, 0.6) is 0 Å². The molecule has 1 aromatic carbocycles. The molecule has 3 fully saturated rings. The van der Waals surface area contributed by atoms with E-state index in [4.69, 9.17) is 4.42 Å². The molecule has 6 heteroatoms. The molecule has 0 bridgehead atoms. The van der Waals surface area contributed by atoms with Crippen molar-refractivity contribution in [2.24, 2.45) is 5.92 Å². The Morgan fingerprint density at radius 1 is 1.12 bits per heavy atom. The van der Waals surface area contributed by atoms with Crippen LogP contribution in [0.3, 0.4) is 0 Å². The molecule has 0 radical (unpaired) electrons. The molecule has 2 aromatic rings. The monoisotopic (exact) mass is 356 g/mol. The summed E-state index contributed by atoms with van der Waals surface area (Å²) in [7, 11) is 0. The summed E-state index contributed by atoms with van der Waals surface area (Å²) in [6.07, 6.45) is 8.87. The minimum atomic E-state index is -0.211. The topological polar surface area (TPSA) is 82.3 Å². The number of fused-ring (bicyclic) bond motifs is 3. The Balaban J connectivity index is 1.41. The third-order valence-corrected chi connectivity index (χ3v) is 6.62. The standard InChI is InChI=1S/C20H28N4O2/c25-15-9-6-8-14-17(15)20(11-4-1-5-12-20)24-18(21-14)23-19-22-13-7-2-3-10-16(13)26-19/h2-3,7,10,14-15,17-18,21,24-25H,1,4-6,8-9,11-12H2,(H,22,23)/t14-,15-,17+,18+/m0/s1. The second kappa shape index (κ2) is 6.51. The summed E-state index contributed by atoms with van der Waals surface area (Å²) in [6.45, 7) is 0. The van der Waals surface area contributed by atoms with Crippen molar-refractivity contribution in [1.29, 1.82) is 0 Å². The summed E-state index contributed by atoms with van der Waals surface area (Å²) in [4.78, 5) is 4.55. The zero-order chi connectivity index (χ0) is 17.6. The Hall–Kier alpha value is -1.63. The molecule has 140 valence electrons. The Kier molecular flexibility index (Phi) is 4.14. The van der Waals surface area contributed by atoms with Crippen molar-refractivity contribution < 1.29 is 9.52 Å². The molecule has 2 aliphatic carbocycles. The van der Waals surface area contributed by atoms with E-state index in [2.05, 4.69) is 20.9 Å². The molecule has 2 heterocycles. The van der Waals surface area contributed by atoms with Gasteiger partial charge in [0.25, 0.3) is 6.01 Å². The van der Waals surface area contributed by atoms with Crippen LogP contribution < -0.4 is 16.0 Å². The van der Waals surface area contributed by atoms with Gasteiger partial charge in [-0.1, -0.05) is 31.4 Å². The molecule has 1 saturated heterocycles. The summed E-state index contributed by atoms with van der Waals surface area (Å²) < 4.78 is 5.85. The zero-order valence-corrected chi connectivity index (χ0v) is 15.1. The Bertz CT molecular complexity index is 737. The van der Waals surface area contributed by atoms with E-state index in [0.29, 0.717) is 18.0 Å². The lowest BCUT2D eigenvalue weighted by Gasteiger charge is -2.57. The van der Waals surface area contributed by atoms with Crippen LogP contribution in [-0.4, -0.2) is 34.1 Å². The van der Waals surface area contributed by atoms with E-state index in [9.17, 15) is 5.11 Å². The largest absolute Gasteiger partial charge is 0.424 e. The van der Waals surface area contributed by atoms with Crippen LogP contribution in [0.2, 0.25) is 0 Å². The first kappa shape index (κ1) is 16.5. The lowest BCUT2D eigenvalue weighted by molar-refractivity contribution is -0.0562. The first-order valence-corrected chi connectivity index (χ1v) is 10.1. The van der Waals surface area contributed by atoms with Crippen molar-refractivity contribution in [2.75, 3.05) is 5.32 Å². The minimum absolute atomic E-state index is 0.0116.